The predicted molar refractivity (Wildman–Crippen MR) is 68.8 cm³/mol. The molecule has 0 amide bonds. The van der Waals surface area contributed by atoms with Crippen LogP contribution in [0.15, 0.2) is 22.4 Å². The predicted octanol–water partition coefficient (Wildman–Crippen LogP) is 2.52. The standard InChI is InChI=1S/C11H12ClN3OS/c1-7(2)11-14-8(12)5-10(16)15(11)6-9-13-3-4-17-9/h3-5,7H,6H2,1-2H3. The minimum absolute atomic E-state index is 0.135. The van der Waals surface area contributed by atoms with E-state index in [1.165, 1.54) is 17.4 Å². The van der Waals surface area contributed by atoms with Crippen molar-refractivity contribution in [2.45, 2.75) is 26.3 Å². The molecule has 0 bridgehead atoms. The van der Waals surface area contributed by atoms with Crippen LogP contribution in [0.1, 0.15) is 30.6 Å². The van der Waals surface area contributed by atoms with Crippen molar-refractivity contribution in [3.05, 3.63) is 44.0 Å². The molecule has 17 heavy (non-hydrogen) atoms. The van der Waals surface area contributed by atoms with Crippen LogP contribution in [0.2, 0.25) is 5.15 Å². The molecule has 2 heterocycles. The minimum atomic E-state index is -0.135. The van der Waals surface area contributed by atoms with Crippen LogP contribution in [0.4, 0.5) is 0 Å². The molecule has 2 rings (SSSR count). The molecule has 0 spiro atoms. The third-order valence-electron chi connectivity index (χ3n) is 2.30. The number of halogens is 1. The lowest BCUT2D eigenvalue weighted by molar-refractivity contribution is 0.623. The van der Waals surface area contributed by atoms with Crippen molar-refractivity contribution in [1.82, 2.24) is 14.5 Å². The SMILES string of the molecule is CC(C)c1nc(Cl)cc(=O)n1Cc1nccs1. The van der Waals surface area contributed by atoms with Crippen LogP contribution >= 0.6 is 22.9 Å². The first-order valence-corrected chi connectivity index (χ1v) is 6.49. The van der Waals surface area contributed by atoms with Gasteiger partial charge in [-0.15, -0.1) is 11.3 Å². The Bertz CT molecular complexity index is 563. The summed E-state index contributed by atoms with van der Waals surface area (Å²) in [6, 6.07) is 1.33. The molecule has 6 heteroatoms. The monoisotopic (exact) mass is 269 g/mol. The van der Waals surface area contributed by atoms with Crippen LogP contribution in [-0.4, -0.2) is 14.5 Å². The molecule has 0 unspecified atom stereocenters. The van der Waals surface area contributed by atoms with Crippen molar-refractivity contribution in [1.29, 1.82) is 0 Å². The highest BCUT2D eigenvalue weighted by Gasteiger charge is 2.12. The smallest absolute Gasteiger partial charge is 0.255 e. The number of hydrogen-bond donors (Lipinski definition) is 0. The molecule has 0 atom stereocenters. The zero-order valence-electron chi connectivity index (χ0n) is 9.55. The van der Waals surface area contributed by atoms with E-state index in [4.69, 9.17) is 11.6 Å². The molecule has 0 fully saturated rings. The Morgan fingerprint density at radius 2 is 2.29 bits per heavy atom. The quantitative estimate of drug-likeness (QED) is 0.805. The highest BCUT2D eigenvalue weighted by Crippen LogP contribution is 2.15. The van der Waals surface area contributed by atoms with Crippen LogP contribution in [0.5, 0.6) is 0 Å². The van der Waals surface area contributed by atoms with Crippen LogP contribution in [-0.2, 0) is 6.54 Å². The lowest BCUT2D eigenvalue weighted by Crippen LogP contribution is -2.25. The Hall–Kier alpha value is -1.20. The van der Waals surface area contributed by atoms with E-state index in [9.17, 15) is 4.79 Å². The average molecular weight is 270 g/mol. The maximum atomic E-state index is 11.9. The van der Waals surface area contributed by atoms with Gasteiger partial charge in [0, 0.05) is 23.6 Å². The van der Waals surface area contributed by atoms with E-state index in [0.29, 0.717) is 12.4 Å². The summed E-state index contributed by atoms with van der Waals surface area (Å²) in [7, 11) is 0. The van der Waals surface area contributed by atoms with E-state index in [2.05, 4.69) is 9.97 Å². The molecule has 0 aliphatic carbocycles. The second kappa shape index (κ2) is 4.98. The Morgan fingerprint density at radius 1 is 1.53 bits per heavy atom. The Balaban J connectivity index is 2.48. The summed E-state index contributed by atoms with van der Waals surface area (Å²) in [5, 5.41) is 3.02. The first-order valence-electron chi connectivity index (χ1n) is 5.23. The van der Waals surface area contributed by atoms with Gasteiger partial charge in [0.1, 0.15) is 16.0 Å². The largest absolute Gasteiger partial charge is 0.289 e. The van der Waals surface area contributed by atoms with Crippen LogP contribution in [0, 0.1) is 0 Å². The van der Waals surface area contributed by atoms with E-state index in [1.54, 1.807) is 10.8 Å². The second-order valence-electron chi connectivity index (χ2n) is 3.94. The summed E-state index contributed by atoms with van der Waals surface area (Å²) in [6.45, 7) is 4.42. The van der Waals surface area contributed by atoms with Gasteiger partial charge < -0.3 is 0 Å². The number of aromatic nitrogens is 3. The number of rotatable bonds is 3. The number of hydrogen-bond acceptors (Lipinski definition) is 4. The summed E-state index contributed by atoms with van der Waals surface area (Å²) in [5.74, 6) is 0.832. The molecule has 0 aliphatic rings. The highest BCUT2D eigenvalue weighted by molar-refractivity contribution is 7.09. The fourth-order valence-electron chi connectivity index (χ4n) is 1.56. The maximum absolute atomic E-state index is 11.9. The first-order chi connectivity index (χ1) is 8.08. The summed E-state index contributed by atoms with van der Waals surface area (Å²) >= 11 is 7.33. The molecule has 0 aromatic carbocycles. The molecule has 0 radical (unpaired) electrons. The lowest BCUT2D eigenvalue weighted by atomic mass is 10.2. The van der Waals surface area contributed by atoms with Crippen molar-refractivity contribution in [3.63, 3.8) is 0 Å². The van der Waals surface area contributed by atoms with E-state index >= 15 is 0 Å². The van der Waals surface area contributed by atoms with Gasteiger partial charge >= 0.3 is 0 Å². The Labute approximate surface area is 108 Å². The molecule has 90 valence electrons. The van der Waals surface area contributed by atoms with Crippen molar-refractivity contribution in [2.24, 2.45) is 0 Å². The van der Waals surface area contributed by atoms with Crippen molar-refractivity contribution < 1.29 is 0 Å². The zero-order chi connectivity index (χ0) is 12.4. The summed E-state index contributed by atoms with van der Waals surface area (Å²) in [5.41, 5.74) is -0.135. The maximum Gasteiger partial charge on any atom is 0.255 e. The van der Waals surface area contributed by atoms with Crippen LogP contribution < -0.4 is 5.56 Å². The van der Waals surface area contributed by atoms with Gasteiger partial charge in [0.25, 0.3) is 5.56 Å². The van der Waals surface area contributed by atoms with Crippen LogP contribution in [0.25, 0.3) is 0 Å². The Kier molecular flexibility index (Phi) is 3.59. The fraction of sp³-hybridized carbons (Fsp3) is 0.364. The average Bonchev–Trinajstić information content (AvgIpc) is 2.74. The molecule has 0 saturated carbocycles. The topological polar surface area (TPSA) is 47.8 Å². The van der Waals surface area contributed by atoms with Crippen molar-refractivity contribution in [3.8, 4) is 0 Å². The molecule has 0 aliphatic heterocycles. The molecular formula is C11H12ClN3OS. The van der Waals surface area contributed by atoms with Gasteiger partial charge in [0.2, 0.25) is 0 Å². The summed E-state index contributed by atoms with van der Waals surface area (Å²) < 4.78 is 1.62. The van der Waals surface area contributed by atoms with E-state index in [-0.39, 0.29) is 16.6 Å². The van der Waals surface area contributed by atoms with Gasteiger partial charge in [0.15, 0.2) is 0 Å². The molecule has 0 N–H and O–H groups in total. The van der Waals surface area contributed by atoms with E-state index < -0.39 is 0 Å². The first kappa shape index (κ1) is 12.3. The number of nitrogens with zero attached hydrogens (tertiary/aromatic N) is 3. The van der Waals surface area contributed by atoms with Crippen LogP contribution in [0.3, 0.4) is 0 Å². The molecular weight excluding hydrogens is 258 g/mol. The minimum Gasteiger partial charge on any atom is -0.289 e. The number of thiazole rings is 1. The van der Waals surface area contributed by atoms with Gasteiger partial charge in [-0.2, -0.15) is 0 Å². The lowest BCUT2D eigenvalue weighted by Gasteiger charge is -2.13. The van der Waals surface area contributed by atoms with Gasteiger partial charge in [-0.1, -0.05) is 25.4 Å². The summed E-state index contributed by atoms with van der Waals surface area (Å²) in [6.07, 6.45) is 1.73. The van der Waals surface area contributed by atoms with E-state index in [0.717, 1.165) is 5.01 Å². The van der Waals surface area contributed by atoms with Gasteiger partial charge in [-0.3, -0.25) is 9.36 Å². The fourth-order valence-corrected chi connectivity index (χ4v) is 2.34. The second-order valence-corrected chi connectivity index (χ2v) is 5.31. The molecule has 2 aromatic heterocycles. The van der Waals surface area contributed by atoms with Crippen molar-refractivity contribution >= 4 is 22.9 Å². The molecule has 4 nitrogen and oxygen atoms in total. The normalized spacial score (nSPS) is 11.1. The zero-order valence-corrected chi connectivity index (χ0v) is 11.1. The third-order valence-corrected chi connectivity index (χ3v) is 3.26. The van der Waals surface area contributed by atoms with Crippen molar-refractivity contribution in [2.75, 3.05) is 0 Å². The molecule has 0 saturated heterocycles. The van der Waals surface area contributed by atoms with Gasteiger partial charge in [0.05, 0.1) is 6.54 Å². The third kappa shape index (κ3) is 2.73. The highest BCUT2D eigenvalue weighted by atomic mass is 35.5. The van der Waals surface area contributed by atoms with E-state index in [1.807, 2.05) is 19.2 Å². The van der Waals surface area contributed by atoms with Gasteiger partial charge in [-0.25, -0.2) is 9.97 Å². The Morgan fingerprint density at radius 3 is 2.88 bits per heavy atom. The molecule has 2 aromatic rings. The van der Waals surface area contributed by atoms with Gasteiger partial charge in [-0.05, 0) is 0 Å². The summed E-state index contributed by atoms with van der Waals surface area (Å²) in [4.78, 5) is 20.3.